The molecule has 1 fully saturated rings. The number of nitrogens with zero attached hydrogens (tertiary/aromatic N) is 2. The lowest BCUT2D eigenvalue weighted by Crippen LogP contribution is -2.53. The average molecular weight is 305 g/mol. The van der Waals surface area contributed by atoms with Crippen LogP contribution in [0.25, 0.3) is 0 Å². The highest BCUT2D eigenvalue weighted by Gasteiger charge is 2.26. The highest BCUT2D eigenvalue weighted by Crippen LogP contribution is 2.20. The molecule has 1 aromatic rings. The third kappa shape index (κ3) is 3.39. The molecule has 6 nitrogen and oxygen atoms in total. The fourth-order valence-electron chi connectivity index (χ4n) is 2.55. The van der Waals surface area contributed by atoms with E-state index in [9.17, 15) is 9.59 Å². The van der Waals surface area contributed by atoms with Gasteiger partial charge in [-0.15, -0.1) is 0 Å². The second kappa shape index (κ2) is 6.79. The van der Waals surface area contributed by atoms with Crippen molar-refractivity contribution in [3.63, 3.8) is 0 Å². The summed E-state index contributed by atoms with van der Waals surface area (Å²) in [6.45, 7) is 5.70. The van der Waals surface area contributed by atoms with E-state index in [1.165, 1.54) is 0 Å². The minimum atomic E-state index is -0.497. The van der Waals surface area contributed by atoms with E-state index in [0.29, 0.717) is 37.5 Å². The van der Waals surface area contributed by atoms with Crippen molar-refractivity contribution in [1.82, 2.24) is 9.80 Å². The number of hydrogen-bond donors (Lipinski definition) is 1. The molecule has 0 radical (unpaired) electrons. The average Bonchev–Trinajstić information content (AvgIpc) is 2.54. The summed E-state index contributed by atoms with van der Waals surface area (Å²) in [6.07, 6.45) is 0. The molecule has 0 aliphatic carbocycles. The predicted molar refractivity (Wildman–Crippen MR) is 83.9 cm³/mol. The van der Waals surface area contributed by atoms with Crippen LogP contribution in [-0.4, -0.2) is 60.9 Å². The van der Waals surface area contributed by atoms with Crippen LogP contribution >= 0.6 is 0 Å². The van der Waals surface area contributed by atoms with Crippen LogP contribution in [0, 0.1) is 6.92 Å². The number of benzene rings is 1. The Morgan fingerprint density at radius 2 is 1.77 bits per heavy atom. The first-order chi connectivity index (χ1) is 10.4. The Hall–Kier alpha value is -2.08. The largest absolute Gasteiger partial charge is 0.496 e. The van der Waals surface area contributed by atoms with E-state index in [4.69, 9.17) is 10.5 Å². The van der Waals surface area contributed by atoms with E-state index in [1.807, 2.05) is 13.0 Å². The quantitative estimate of drug-likeness (QED) is 0.889. The maximum atomic E-state index is 12.5. The van der Waals surface area contributed by atoms with Gasteiger partial charge in [-0.2, -0.15) is 0 Å². The third-order valence-corrected chi connectivity index (χ3v) is 3.92. The molecule has 2 N–H and O–H groups in total. The van der Waals surface area contributed by atoms with Crippen LogP contribution in [0.5, 0.6) is 5.75 Å². The number of piperazine rings is 1. The standard InChI is InChI=1S/C16H23N3O3/c1-11-4-5-13(10-14(11)22-3)16(21)19-8-6-18(7-9-19)15(20)12(2)17/h4-5,10,12H,6-9,17H2,1-3H3/t12-/m0/s1. The van der Waals surface area contributed by atoms with Crippen molar-refractivity contribution in [3.8, 4) is 5.75 Å². The lowest BCUT2D eigenvalue weighted by Gasteiger charge is -2.35. The minimum Gasteiger partial charge on any atom is -0.496 e. The second-order valence-corrected chi connectivity index (χ2v) is 5.59. The van der Waals surface area contributed by atoms with Gasteiger partial charge in [0.05, 0.1) is 13.2 Å². The smallest absolute Gasteiger partial charge is 0.254 e. The number of hydrogen-bond acceptors (Lipinski definition) is 4. The summed E-state index contributed by atoms with van der Waals surface area (Å²) in [4.78, 5) is 27.8. The number of amides is 2. The molecule has 120 valence electrons. The molecular formula is C16H23N3O3. The molecule has 2 amide bonds. The number of rotatable bonds is 3. The molecule has 0 aromatic heterocycles. The van der Waals surface area contributed by atoms with Gasteiger partial charge in [0.25, 0.3) is 5.91 Å². The predicted octanol–water partition coefficient (Wildman–Crippen LogP) is 0.635. The Kier molecular flexibility index (Phi) is 5.03. The lowest BCUT2D eigenvalue weighted by molar-refractivity contribution is -0.133. The van der Waals surface area contributed by atoms with Gasteiger partial charge in [0, 0.05) is 31.7 Å². The summed E-state index contributed by atoms with van der Waals surface area (Å²) in [5.41, 5.74) is 7.21. The zero-order valence-corrected chi connectivity index (χ0v) is 13.3. The maximum absolute atomic E-state index is 12.5. The van der Waals surface area contributed by atoms with E-state index in [-0.39, 0.29) is 11.8 Å². The van der Waals surface area contributed by atoms with Crippen molar-refractivity contribution in [2.24, 2.45) is 5.73 Å². The lowest BCUT2D eigenvalue weighted by atomic mass is 10.1. The molecule has 0 bridgehead atoms. The molecular weight excluding hydrogens is 282 g/mol. The fraction of sp³-hybridized carbons (Fsp3) is 0.500. The van der Waals surface area contributed by atoms with E-state index >= 15 is 0 Å². The Labute approximate surface area is 130 Å². The third-order valence-electron chi connectivity index (χ3n) is 3.92. The number of nitrogens with two attached hydrogens (primary N) is 1. The summed E-state index contributed by atoms with van der Waals surface area (Å²) in [5, 5.41) is 0. The van der Waals surface area contributed by atoms with Gasteiger partial charge in [0.2, 0.25) is 5.91 Å². The van der Waals surface area contributed by atoms with Crippen LogP contribution in [0.3, 0.4) is 0 Å². The van der Waals surface area contributed by atoms with Crippen LogP contribution in [-0.2, 0) is 4.79 Å². The molecule has 0 unspecified atom stereocenters. The first kappa shape index (κ1) is 16.3. The first-order valence-corrected chi connectivity index (χ1v) is 7.42. The summed E-state index contributed by atoms with van der Waals surface area (Å²) >= 11 is 0. The van der Waals surface area contributed by atoms with E-state index in [0.717, 1.165) is 5.56 Å². The van der Waals surface area contributed by atoms with Gasteiger partial charge in [0.15, 0.2) is 0 Å². The normalized spacial score (nSPS) is 16.4. The zero-order valence-electron chi connectivity index (χ0n) is 13.3. The van der Waals surface area contributed by atoms with Crippen molar-refractivity contribution in [2.75, 3.05) is 33.3 Å². The number of aryl methyl sites for hydroxylation is 1. The van der Waals surface area contributed by atoms with E-state index < -0.39 is 6.04 Å². The number of ether oxygens (including phenoxy) is 1. The molecule has 6 heteroatoms. The van der Waals surface area contributed by atoms with Crippen molar-refractivity contribution in [3.05, 3.63) is 29.3 Å². The molecule has 1 aromatic carbocycles. The van der Waals surface area contributed by atoms with Crippen molar-refractivity contribution in [2.45, 2.75) is 19.9 Å². The van der Waals surface area contributed by atoms with E-state index in [2.05, 4.69) is 0 Å². The van der Waals surface area contributed by atoms with Crippen LogP contribution in [0.2, 0.25) is 0 Å². The number of carbonyl (C=O) groups excluding carboxylic acids is 2. The fourth-order valence-corrected chi connectivity index (χ4v) is 2.55. The maximum Gasteiger partial charge on any atom is 0.254 e. The number of carbonyl (C=O) groups is 2. The Morgan fingerprint density at radius 3 is 2.32 bits per heavy atom. The minimum absolute atomic E-state index is 0.0359. The molecule has 1 saturated heterocycles. The summed E-state index contributed by atoms with van der Waals surface area (Å²) in [6, 6.07) is 4.95. The molecule has 2 rings (SSSR count). The first-order valence-electron chi connectivity index (χ1n) is 7.42. The summed E-state index contributed by atoms with van der Waals surface area (Å²) in [5.74, 6) is 0.604. The van der Waals surface area contributed by atoms with Crippen molar-refractivity contribution >= 4 is 11.8 Å². The van der Waals surface area contributed by atoms with Gasteiger partial charge in [-0.05, 0) is 31.5 Å². The van der Waals surface area contributed by atoms with Gasteiger partial charge < -0.3 is 20.3 Å². The molecule has 0 spiro atoms. The molecule has 1 atom stereocenters. The summed E-state index contributed by atoms with van der Waals surface area (Å²) < 4.78 is 5.26. The van der Waals surface area contributed by atoms with Crippen LogP contribution in [0.4, 0.5) is 0 Å². The van der Waals surface area contributed by atoms with Crippen LogP contribution in [0.15, 0.2) is 18.2 Å². The topological polar surface area (TPSA) is 75.9 Å². The Morgan fingerprint density at radius 1 is 1.18 bits per heavy atom. The van der Waals surface area contributed by atoms with Gasteiger partial charge in [-0.3, -0.25) is 9.59 Å². The highest BCUT2D eigenvalue weighted by molar-refractivity contribution is 5.95. The highest BCUT2D eigenvalue weighted by atomic mass is 16.5. The zero-order chi connectivity index (χ0) is 16.3. The monoisotopic (exact) mass is 305 g/mol. The van der Waals surface area contributed by atoms with Gasteiger partial charge in [-0.25, -0.2) is 0 Å². The van der Waals surface area contributed by atoms with Crippen LogP contribution < -0.4 is 10.5 Å². The van der Waals surface area contributed by atoms with Crippen molar-refractivity contribution in [1.29, 1.82) is 0 Å². The van der Waals surface area contributed by atoms with Crippen molar-refractivity contribution < 1.29 is 14.3 Å². The second-order valence-electron chi connectivity index (χ2n) is 5.59. The SMILES string of the molecule is COc1cc(C(=O)N2CCN(C(=O)[C@H](C)N)CC2)ccc1C. The summed E-state index contributed by atoms with van der Waals surface area (Å²) in [7, 11) is 1.59. The Bertz CT molecular complexity index is 564. The molecule has 22 heavy (non-hydrogen) atoms. The van der Waals surface area contributed by atoms with Gasteiger partial charge >= 0.3 is 0 Å². The molecule has 1 aliphatic rings. The van der Waals surface area contributed by atoms with Crippen LogP contribution in [0.1, 0.15) is 22.8 Å². The molecule has 1 aliphatic heterocycles. The molecule has 0 saturated carbocycles. The van der Waals surface area contributed by atoms with Gasteiger partial charge in [-0.1, -0.05) is 6.07 Å². The van der Waals surface area contributed by atoms with E-state index in [1.54, 1.807) is 36.0 Å². The van der Waals surface area contributed by atoms with Gasteiger partial charge in [0.1, 0.15) is 5.75 Å². The Balaban J connectivity index is 2.02. The molecule has 1 heterocycles. The number of methoxy groups -OCH3 is 1.